The Bertz CT molecular complexity index is 546. The van der Waals surface area contributed by atoms with Gasteiger partial charge in [-0.1, -0.05) is 18.2 Å². The number of hydrogen-bond acceptors (Lipinski definition) is 1. The Morgan fingerprint density at radius 3 is 2.88 bits per heavy atom. The van der Waals surface area contributed by atoms with Crippen LogP contribution in [-0.2, 0) is 18.6 Å². The van der Waals surface area contributed by atoms with Gasteiger partial charge in [0.25, 0.3) is 0 Å². The second-order valence-electron chi connectivity index (χ2n) is 5.21. The lowest BCUT2D eigenvalue weighted by atomic mass is 9.96. The molecule has 1 N–H and O–H groups in total. The quantitative estimate of drug-likeness (QED) is 0.777. The van der Waals surface area contributed by atoms with Crippen molar-refractivity contribution in [1.82, 2.24) is 4.57 Å². The van der Waals surface area contributed by atoms with Crippen LogP contribution >= 0.6 is 0 Å². The van der Waals surface area contributed by atoms with Crippen molar-refractivity contribution < 1.29 is 5.11 Å². The van der Waals surface area contributed by atoms with Gasteiger partial charge in [0.05, 0.1) is 11.1 Å². The summed E-state index contributed by atoms with van der Waals surface area (Å²) < 4.78 is 2.29. The molecule has 0 atom stereocenters. The van der Waals surface area contributed by atoms with E-state index in [0.29, 0.717) is 0 Å². The Kier molecular flexibility index (Phi) is 1.93. The average molecular weight is 215 g/mol. The zero-order valence-electron chi connectivity index (χ0n) is 9.83. The van der Waals surface area contributed by atoms with E-state index in [0.717, 1.165) is 18.5 Å². The molecule has 1 aromatic heterocycles. The molecule has 0 unspecified atom stereocenters. The number of para-hydroxylation sites is 1. The third-order valence-corrected chi connectivity index (χ3v) is 3.49. The Morgan fingerprint density at radius 2 is 2.12 bits per heavy atom. The van der Waals surface area contributed by atoms with Crippen LogP contribution in [-0.4, -0.2) is 9.67 Å². The van der Waals surface area contributed by atoms with Crippen molar-refractivity contribution in [3.8, 4) is 0 Å². The fourth-order valence-corrected chi connectivity index (χ4v) is 2.74. The van der Waals surface area contributed by atoms with E-state index in [-0.39, 0.29) is 0 Å². The summed E-state index contributed by atoms with van der Waals surface area (Å²) in [5.74, 6) is 0. The van der Waals surface area contributed by atoms with Gasteiger partial charge >= 0.3 is 0 Å². The highest BCUT2D eigenvalue weighted by Gasteiger charge is 2.24. The van der Waals surface area contributed by atoms with E-state index >= 15 is 0 Å². The smallest absolute Gasteiger partial charge is 0.0861 e. The van der Waals surface area contributed by atoms with Crippen molar-refractivity contribution >= 4 is 10.9 Å². The van der Waals surface area contributed by atoms with Crippen LogP contribution in [0.15, 0.2) is 24.4 Å². The summed E-state index contributed by atoms with van der Waals surface area (Å²) in [5, 5.41) is 11.4. The Morgan fingerprint density at radius 1 is 1.31 bits per heavy atom. The Balaban J connectivity index is 2.39. The number of aryl methyl sites for hydroxylation is 2. The number of hydrogen-bond donors (Lipinski definition) is 1. The molecule has 0 fully saturated rings. The summed E-state index contributed by atoms with van der Waals surface area (Å²) in [6.07, 6.45) is 4.48. The van der Waals surface area contributed by atoms with Crippen LogP contribution in [0.2, 0.25) is 0 Å². The van der Waals surface area contributed by atoms with Gasteiger partial charge in [-0.15, -0.1) is 0 Å². The monoisotopic (exact) mass is 215 g/mol. The molecule has 0 bridgehead atoms. The first-order valence-electron chi connectivity index (χ1n) is 5.91. The van der Waals surface area contributed by atoms with Crippen LogP contribution in [0.5, 0.6) is 0 Å². The first-order chi connectivity index (χ1) is 7.57. The van der Waals surface area contributed by atoms with Crippen molar-refractivity contribution in [2.45, 2.75) is 38.8 Å². The number of aliphatic hydroxyl groups is 1. The minimum absolute atomic E-state index is 0.757. The van der Waals surface area contributed by atoms with Gasteiger partial charge in [-0.3, -0.25) is 0 Å². The maximum Gasteiger partial charge on any atom is 0.0861 e. The van der Waals surface area contributed by atoms with Gasteiger partial charge in [-0.05, 0) is 32.3 Å². The summed E-state index contributed by atoms with van der Waals surface area (Å²) in [6, 6.07) is 6.42. The summed E-state index contributed by atoms with van der Waals surface area (Å²) >= 11 is 0. The summed E-state index contributed by atoms with van der Waals surface area (Å²) in [7, 11) is 0. The lowest BCUT2D eigenvalue weighted by Gasteiger charge is -2.16. The van der Waals surface area contributed by atoms with Gasteiger partial charge in [0.15, 0.2) is 0 Å². The van der Waals surface area contributed by atoms with Crippen LogP contribution in [0.4, 0.5) is 0 Å². The second-order valence-corrected chi connectivity index (χ2v) is 5.21. The standard InChI is InChI=1S/C14H17NO/c1-14(2,16)12-9-15-8-4-6-10-5-3-7-11(12)13(10)15/h3,5,7,9,16H,4,6,8H2,1-2H3. The number of rotatable bonds is 1. The Labute approximate surface area is 95.5 Å². The van der Waals surface area contributed by atoms with Gasteiger partial charge in [0.2, 0.25) is 0 Å². The molecule has 0 radical (unpaired) electrons. The summed E-state index contributed by atoms with van der Waals surface area (Å²) in [6.45, 7) is 4.79. The number of nitrogens with zero attached hydrogens (tertiary/aromatic N) is 1. The van der Waals surface area contributed by atoms with Crippen LogP contribution in [0.25, 0.3) is 10.9 Å². The lowest BCUT2D eigenvalue weighted by molar-refractivity contribution is 0.0800. The molecule has 1 aliphatic rings. The SMILES string of the molecule is CC(C)(O)c1cn2c3c(cccc13)CCC2. The number of aromatic nitrogens is 1. The zero-order valence-corrected chi connectivity index (χ0v) is 9.83. The first kappa shape index (κ1) is 9.91. The molecule has 0 saturated carbocycles. The van der Waals surface area contributed by atoms with Crippen LogP contribution in [0.3, 0.4) is 0 Å². The Hall–Kier alpha value is -1.28. The molecule has 84 valence electrons. The minimum Gasteiger partial charge on any atom is -0.386 e. The molecule has 2 nitrogen and oxygen atoms in total. The number of benzene rings is 1. The molecule has 2 aromatic rings. The molecule has 0 spiro atoms. The van der Waals surface area contributed by atoms with Crippen LogP contribution < -0.4 is 0 Å². The van der Waals surface area contributed by atoms with E-state index in [1.54, 1.807) is 0 Å². The van der Waals surface area contributed by atoms with Gasteiger partial charge in [0.1, 0.15) is 0 Å². The maximum absolute atomic E-state index is 10.2. The average Bonchev–Trinajstić information content (AvgIpc) is 2.60. The predicted octanol–water partition coefficient (Wildman–Crippen LogP) is 2.81. The van der Waals surface area contributed by atoms with E-state index in [1.807, 2.05) is 13.8 Å². The van der Waals surface area contributed by atoms with E-state index < -0.39 is 5.60 Å². The molecule has 2 heterocycles. The van der Waals surface area contributed by atoms with Crippen molar-refractivity contribution in [1.29, 1.82) is 0 Å². The molecule has 3 rings (SSSR count). The molecule has 1 aromatic carbocycles. The molecule has 1 aliphatic heterocycles. The van der Waals surface area contributed by atoms with Gasteiger partial charge < -0.3 is 9.67 Å². The summed E-state index contributed by atoms with van der Waals surface area (Å²) in [5.41, 5.74) is 3.03. The topological polar surface area (TPSA) is 25.2 Å². The highest BCUT2D eigenvalue weighted by Crippen LogP contribution is 2.34. The fraction of sp³-hybridized carbons (Fsp3) is 0.429. The van der Waals surface area contributed by atoms with E-state index in [9.17, 15) is 5.11 Å². The molecule has 0 aliphatic carbocycles. The van der Waals surface area contributed by atoms with E-state index in [1.165, 1.54) is 22.9 Å². The largest absolute Gasteiger partial charge is 0.386 e. The molecular formula is C14H17NO. The zero-order chi connectivity index (χ0) is 11.3. The molecular weight excluding hydrogens is 198 g/mol. The van der Waals surface area contributed by atoms with E-state index in [4.69, 9.17) is 0 Å². The van der Waals surface area contributed by atoms with Crippen molar-refractivity contribution in [2.75, 3.05) is 0 Å². The van der Waals surface area contributed by atoms with Gasteiger partial charge in [-0.2, -0.15) is 0 Å². The third-order valence-electron chi connectivity index (χ3n) is 3.49. The predicted molar refractivity (Wildman–Crippen MR) is 65.5 cm³/mol. The molecule has 0 amide bonds. The van der Waals surface area contributed by atoms with Crippen molar-refractivity contribution in [3.63, 3.8) is 0 Å². The molecule has 16 heavy (non-hydrogen) atoms. The molecule has 0 saturated heterocycles. The van der Waals surface area contributed by atoms with Gasteiger partial charge in [0, 0.05) is 23.7 Å². The van der Waals surface area contributed by atoms with E-state index in [2.05, 4.69) is 29.0 Å². The molecule has 2 heteroatoms. The normalized spacial score (nSPS) is 15.7. The van der Waals surface area contributed by atoms with Crippen molar-refractivity contribution in [3.05, 3.63) is 35.5 Å². The maximum atomic E-state index is 10.2. The fourth-order valence-electron chi connectivity index (χ4n) is 2.74. The minimum atomic E-state index is -0.757. The highest BCUT2D eigenvalue weighted by molar-refractivity contribution is 5.88. The summed E-state index contributed by atoms with van der Waals surface area (Å²) in [4.78, 5) is 0. The van der Waals surface area contributed by atoms with Crippen molar-refractivity contribution in [2.24, 2.45) is 0 Å². The highest BCUT2D eigenvalue weighted by atomic mass is 16.3. The third kappa shape index (κ3) is 1.30. The van der Waals surface area contributed by atoms with Crippen LogP contribution in [0.1, 0.15) is 31.4 Å². The van der Waals surface area contributed by atoms with Crippen LogP contribution in [0, 0.1) is 0 Å². The second kappa shape index (κ2) is 3.11. The lowest BCUT2D eigenvalue weighted by Crippen LogP contribution is -2.14. The van der Waals surface area contributed by atoms with Gasteiger partial charge in [-0.25, -0.2) is 0 Å². The first-order valence-corrected chi connectivity index (χ1v) is 5.91.